The summed E-state index contributed by atoms with van der Waals surface area (Å²) < 4.78 is 80.1. The molecule has 0 spiro atoms. The van der Waals surface area contributed by atoms with E-state index in [0.29, 0.717) is 17.6 Å². The highest BCUT2D eigenvalue weighted by Gasteiger charge is 2.32. The molecule has 2 aromatic heterocycles. The maximum absolute atomic E-state index is 12.6. The molecule has 0 saturated heterocycles. The molecule has 0 saturated carbocycles. The zero-order valence-electron chi connectivity index (χ0n) is 14.7. The van der Waals surface area contributed by atoms with Crippen LogP contribution in [0.2, 0.25) is 5.02 Å². The Kier molecular flexibility index (Phi) is 5.92. The average Bonchev–Trinajstić information content (AvgIpc) is 3.10. The van der Waals surface area contributed by atoms with E-state index < -0.39 is 18.1 Å². The SMILES string of the molecule is FC(F)(F)Oc1ccc(-n2cccc2C=NNc2ncc(C(F)(F)F)cc2Cl)cc1. The highest BCUT2D eigenvalue weighted by Crippen LogP contribution is 2.32. The number of hydrogen-bond acceptors (Lipinski definition) is 4. The standard InChI is InChI=1S/C18H11ClF6N4O/c19-15-8-11(17(20,21)22)9-26-16(15)28-27-10-13-2-1-7-29(13)12-3-5-14(6-4-12)30-18(23,24)25/h1-10H,(H,26,28). The van der Waals surface area contributed by atoms with Gasteiger partial charge in [-0.25, -0.2) is 4.98 Å². The second-order valence-corrected chi connectivity index (χ2v) is 6.17. The predicted molar refractivity (Wildman–Crippen MR) is 97.9 cm³/mol. The van der Waals surface area contributed by atoms with Crippen molar-refractivity contribution in [3.8, 4) is 11.4 Å². The molecule has 2 heterocycles. The van der Waals surface area contributed by atoms with Crippen LogP contribution in [0.3, 0.4) is 0 Å². The topological polar surface area (TPSA) is 51.4 Å². The molecule has 12 heteroatoms. The van der Waals surface area contributed by atoms with Gasteiger partial charge < -0.3 is 9.30 Å². The lowest BCUT2D eigenvalue weighted by molar-refractivity contribution is -0.274. The van der Waals surface area contributed by atoms with Crippen molar-refractivity contribution >= 4 is 23.6 Å². The highest BCUT2D eigenvalue weighted by molar-refractivity contribution is 6.32. The third-order valence-corrected chi connectivity index (χ3v) is 3.95. The first-order valence-electron chi connectivity index (χ1n) is 8.08. The van der Waals surface area contributed by atoms with Crippen LogP contribution in [0, 0.1) is 0 Å². The van der Waals surface area contributed by atoms with Crippen LogP contribution in [0.1, 0.15) is 11.3 Å². The molecule has 1 N–H and O–H groups in total. The van der Waals surface area contributed by atoms with Crippen molar-refractivity contribution in [1.29, 1.82) is 0 Å². The van der Waals surface area contributed by atoms with E-state index in [9.17, 15) is 26.3 Å². The summed E-state index contributed by atoms with van der Waals surface area (Å²) >= 11 is 5.79. The molecule has 3 aromatic rings. The molecule has 0 fully saturated rings. The summed E-state index contributed by atoms with van der Waals surface area (Å²) in [6.07, 6.45) is -5.75. The van der Waals surface area contributed by atoms with Crippen LogP contribution in [0.25, 0.3) is 5.69 Å². The van der Waals surface area contributed by atoms with Crippen molar-refractivity contribution in [3.05, 3.63) is 71.1 Å². The molecule has 0 unspecified atom stereocenters. The summed E-state index contributed by atoms with van der Waals surface area (Å²) in [7, 11) is 0. The van der Waals surface area contributed by atoms with Gasteiger partial charge >= 0.3 is 12.5 Å². The van der Waals surface area contributed by atoms with E-state index in [2.05, 4.69) is 20.2 Å². The van der Waals surface area contributed by atoms with Gasteiger partial charge in [0.05, 0.1) is 22.5 Å². The number of aromatic nitrogens is 2. The minimum atomic E-state index is -4.79. The Balaban J connectivity index is 1.72. The Labute approximate surface area is 170 Å². The summed E-state index contributed by atoms with van der Waals surface area (Å²) in [6.45, 7) is 0. The maximum Gasteiger partial charge on any atom is 0.573 e. The van der Waals surface area contributed by atoms with Crippen LogP contribution in [0.5, 0.6) is 5.75 Å². The molecule has 0 aliphatic rings. The van der Waals surface area contributed by atoms with E-state index in [4.69, 9.17) is 11.6 Å². The number of hydrazone groups is 1. The van der Waals surface area contributed by atoms with Crippen LogP contribution in [-0.4, -0.2) is 22.1 Å². The third-order valence-electron chi connectivity index (χ3n) is 3.66. The average molecular weight is 449 g/mol. The van der Waals surface area contributed by atoms with Gasteiger partial charge in [0.1, 0.15) is 5.75 Å². The smallest absolute Gasteiger partial charge is 0.406 e. The second-order valence-electron chi connectivity index (χ2n) is 5.77. The van der Waals surface area contributed by atoms with E-state index in [0.717, 1.165) is 18.2 Å². The van der Waals surface area contributed by atoms with Crippen molar-refractivity contribution in [1.82, 2.24) is 9.55 Å². The number of nitrogens with one attached hydrogen (secondary N) is 1. The van der Waals surface area contributed by atoms with Crippen molar-refractivity contribution < 1.29 is 31.1 Å². The number of pyridine rings is 1. The largest absolute Gasteiger partial charge is 0.573 e. The molecule has 0 bridgehead atoms. The first-order valence-corrected chi connectivity index (χ1v) is 8.46. The number of hydrogen-bond donors (Lipinski definition) is 1. The molecular formula is C18H11ClF6N4O. The minimum absolute atomic E-state index is 0.0762. The lowest BCUT2D eigenvalue weighted by Gasteiger charge is -2.11. The number of rotatable bonds is 5. The van der Waals surface area contributed by atoms with Gasteiger partial charge in [0.15, 0.2) is 5.82 Å². The first-order chi connectivity index (χ1) is 14.0. The molecule has 158 valence electrons. The second kappa shape index (κ2) is 8.27. The molecule has 0 aliphatic heterocycles. The van der Waals surface area contributed by atoms with E-state index >= 15 is 0 Å². The Morgan fingerprint density at radius 3 is 2.37 bits per heavy atom. The summed E-state index contributed by atoms with van der Waals surface area (Å²) in [5.74, 6) is -0.439. The Morgan fingerprint density at radius 2 is 1.77 bits per heavy atom. The lowest BCUT2D eigenvalue weighted by Crippen LogP contribution is -2.17. The fraction of sp³-hybridized carbons (Fsp3) is 0.111. The summed E-state index contributed by atoms with van der Waals surface area (Å²) in [5, 5.41) is 3.63. The molecule has 0 radical (unpaired) electrons. The maximum atomic E-state index is 12.6. The zero-order chi connectivity index (χ0) is 21.9. The number of anilines is 1. The molecule has 30 heavy (non-hydrogen) atoms. The van der Waals surface area contributed by atoms with Gasteiger partial charge in [-0.3, -0.25) is 5.43 Å². The number of nitrogens with zero attached hydrogens (tertiary/aromatic N) is 3. The van der Waals surface area contributed by atoms with E-state index in [-0.39, 0.29) is 16.6 Å². The van der Waals surface area contributed by atoms with Gasteiger partial charge in [0.2, 0.25) is 0 Å². The Bertz CT molecular complexity index is 1040. The molecule has 1 aromatic carbocycles. The molecule has 3 rings (SSSR count). The fourth-order valence-corrected chi connectivity index (χ4v) is 2.59. The fourth-order valence-electron chi connectivity index (χ4n) is 2.38. The van der Waals surface area contributed by atoms with Crippen LogP contribution in [0.4, 0.5) is 32.2 Å². The van der Waals surface area contributed by atoms with Crippen LogP contribution in [-0.2, 0) is 6.18 Å². The molecule has 5 nitrogen and oxygen atoms in total. The molecule has 0 amide bonds. The van der Waals surface area contributed by atoms with Crippen LogP contribution in [0.15, 0.2) is 60.0 Å². The van der Waals surface area contributed by atoms with Gasteiger partial charge in [0, 0.05) is 18.1 Å². The molecule has 0 aliphatic carbocycles. The molecule has 0 atom stereocenters. The lowest BCUT2D eigenvalue weighted by atomic mass is 10.3. The van der Waals surface area contributed by atoms with Gasteiger partial charge in [-0.1, -0.05) is 11.6 Å². The summed E-state index contributed by atoms with van der Waals surface area (Å²) in [5.41, 5.74) is 2.50. The quantitative estimate of drug-likeness (QED) is 0.301. The van der Waals surface area contributed by atoms with Gasteiger partial charge in [-0.2, -0.15) is 18.3 Å². The van der Waals surface area contributed by atoms with Crippen LogP contribution < -0.4 is 10.2 Å². The third kappa shape index (κ3) is 5.44. The highest BCUT2D eigenvalue weighted by atomic mass is 35.5. The zero-order valence-corrected chi connectivity index (χ0v) is 15.4. The van der Waals surface area contributed by atoms with E-state index in [1.54, 1.807) is 22.9 Å². The number of benzene rings is 1. The van der Waals surface area contributed by atoms with Gasteiger partial charge in [0.25, 0.3) is 0 Å². The van der Waals surface area contributed by atoms with Crippen LogP contribution >= 0.6 is 11.6 Å². The minimum Gasteiger partial charge on any atom is -0.406 e. The Hall–Kier alpha value is -3.21. The van der Waals surface area contributed by atoms with Crippen molar-refractivity contribution in [2.45, 2.75) is 12.5 Å². The summed E-state index contributed by atoms with van der Waals surface area (Å²) in [4.78, 5) is 3.59. The predicted octanol–water partition coefficient (Wildman–Crippen LogP) is 5.89. The Morgan fingerprint density at radius 1 is 1.07 bits per heavy atom. The monoisotopic (exact) mass is 448 g/mol. The number of ether oxygens (including phenoxy) is 1. The van der Waals surface area contributed by atoms with E-state index in [1.165, 1.54) is 18.3 Å². The van der Waals surface area contributed by atoms with Crippen molar-refractivity contribution in [2.75, 3.05) is 5.43 Å². The summed E-state index contributed by atoms with van der Waals surface area (Å²) in [6, 6.07) is 9.21. The normalized spacial score (nSPS) is 12.4. The first kappa shape index (κ1) is 21.5. The van der Waals surface area contributed by atoms with Gasteiger partial charge in [-0.05, 0) is 42.5 Å². The molecular weight excluding hydrogens is 438 g/mol. The number of halogens is 7. The van der Waals surface area contributed by atoms with Gasteiger partial charge in [-0.15, -0.1) is 13.2 Å². The van der Waals surface area contributed by atoms with Crippen molar-refractivity contribution in [2.24, 2.45) is 5.10 Å². The number of alkyl halides is 6. The van der Waals surface area contributed by atoms with Crippen molar-refractivity contribution in [3.63, 3.8) is 0 Å². The van der Waals surface area contributed by atoms with E-state index in [1.807, 2.05) is 0 Å².